The minimum Gasteiger partial charge on any atom is -0.357 e. The zero-order valence-corrected chi connectivity index (χ0v) is 17.2. The van der Waals surface area contributed by atoms with Crippen LogP contribution in [0.4, 0.5) is 4.79 Å². The quantitative estimate of drug-likeness (QED) is 0.854. The number of likely N-dealkylation sites (N-methyl/N-ethyl adjacent to an activating group) is 1. The molecule has 0 radical (unpaired) electrons. The number of fused-ring (bicyclic) bond motifs is 1. The van der Waals surface area contributed by atoms with Crippen LogP contribution in [0.5, 0.6) is 0 Å². The molecule has 0 spiro atoms. The molecule has 2 aliphatic rings. The Morgan fingerprint density at radius 3 is 2.57 bits per heavy atom. The van der Waals surface area contributed by atoms with Gasteiger partial charge in [0.05, 0.1) is 6.54 Å². The Morgan fingerprint density at radius 2 is 1.86 bits per heavy atom. The second-order valence-electron chi connectivity index (χ2n) is 8.44. The highest BCUT2D eigenvalue weighted by Crippen LogP contribution is 2.25. The number of aromatic nitrogens is 1. The maximum atomic E-state index is 12.6. The van der Waals surface area contributed by atoms with Crippen molar-refractivity contribution in [3.05, 3.63) is 36.0 Å². The lowest BCUT2D eigenvalue weighted by atomic mass is 9.89. The highest BCUT2D eigenvalue weighted by Gasteiger charge is 2.30. The predicted molar refractivity (Wildman–Crippen MR) is 113 cm³/mol. The number of piperazine rings is 1. The van der Waals surface area contributed by atoms with Crippen LogP contribution in [0.2, 0.25) is 0 Å². The van der Waals surface area contributed by atoms with E-state index < -0.39 is 0 Å². The summed E-state index contributed by atoms with van der Waals surface area (Å²) in [6.07, 6.45) is 2.21. The molecule has 1 atom stereocenters. The average molecular weight is 384 g/mol. The van der Waals surface area contributed by atoms with Crippen LogP contribution in [0.25, 0.3) is 10.9 Å². The van der Waals surface area contributed by atoms with Crippen molar-refractivity contribution in [2.75, 3.05) is 46.3 Å². The minimum atomic E-state index is 0.0596. The molecule has 2 fully saturated rings. The molecule has 2 aliphatic heterocycles. The molecule has 28 heavy (non-hydrogen) atoms. The van der Waals surface area contributed by atoms with E-state index in [2.05, 4.69) is 52.3 Å². The van der Waals surface area contributed by atoms with Crippen LogP contribution in [0.3, 0.4) is 0 Å². The number of para-hydroxylation sites is 1. The summed E-state index contributed by atoms with van der Waals surface area (Å²) in [4.78, 5) is 23.0. The largest absolute Gasteiger partial charge is 0.357 e. The number of carbonyl (C=O) groups excluding carboxylic acids is 1. The van der Waals surface area contributed by atoms with Crippen LogP contribution in [0.1, 0.15) is 25.5 Å². The molecule has 152 valence electrons. The van der Waals surface area contributed by atoms with Gasteiger partial charge in [-0.3, -0.25) is 4.90 Å². The number of aromatic amines is 1. The van der Waals surface area contributed by atoms with Gasteiger partial charge in [-0.2, -0.15) is 0 Å². The summed E-state index contributed by atoms with van der Waals surface area (Å²) in [6, 6.07) is 11.0. The van der Waals surface area contributed by atoms with Crippen molar-refractivity contribution in [2.45, 2.75) is 32.4 Å². The molecule has 4 rings (SSSR count). The number of benzene rings is 1. The standard InChI is InChI=1S/C22H33N5O/c1-17(26-13-11-25(2)12-14-26)18-7-9-27(10-8-18)22(28)23-16-20-15-19-5-3-4-6-21(19)24-20/h3-6,15,17-18,24H,7-14,16H2,1-2H3,(H,23,28)/t17-/m0/s1. The third kappa shape index (κ3) is 4.33. The molecule has 1 aromatic carbocycles. The molecule has 2 amide bonds. The van der Waals surface area contributed by atoms with Crippen molar-refractivity contribution >= 4 is 16.9 Å². The number of hydrogen-bond acceptors (Lipinski definition) is 3. The monoisotopic (exact) mass is 383 g/mol. The number of piperidine rings is 1. The first-order chi connectivity index (χ1) is 13.6. The number of hydrogen-bond donors (Lipinski definition) is 2. The van der Waals surface area contributed by atoms with E-state index in [9.17, 15) is 4.79 Å². The molecule has 6 nitrogen and oxygen atoms in total. The third-order valence-corrected chi connectivity index (χ3v) is 6.64. The maximum absolute atomic E-state index is 12.6. The fraction of sp³-hybridized carbons (Fsp3) is 0.591. The Morgan fingerprint density at radius 1 is 1.14 bits per heavy atom. The highest BCUT2D eigenvalue weighted by molar-refractivity contribution is 5.80. The predicted octanol–water partition coefficient (Wildman–Crippen LogP) is 2.73. The molecule has 6 heteroatoms. The Hall–Kier alpha value is -2.05. The van der Waals surface area contributed by atoms with Crippen LogP contribution < -0.4 is 5.32 Å². The topological polar surface area (TPSA) is 54.6 Å². The molecule has 0 unspecified atom stereocenters. The van der Waals surface area contributed by atoms with Crippen LogP contribution >= 0.6 is 0 Å². The maximum Gasteiger partial charge on any atom is 0.317 e. The van der Waals surface area contributed by atoms with E-state index in [1.807, 2.05) is 17.0 Å². The summed E-state index contributed by atoms with van der Waals surface area (Å²) in [5.41, 5.74) is 2.17. The highest BCUT2D eigenvalue weighted by atomic mass is 16.2. The summed E-state index contributed by atoms with van der Waals surface area (Å²) < 4.78 is 0. The number of carbonyl (C=O) groups is 1. The number of nitrogens with zero attached hydrogens (tertiary/aromatic N) is 3. The molecule has 0 saturated carbocycles. The number of urea groups is 1. The average Bonchev–Trinajstić information content (AvgIpc) is 3.15. The van der Waals surface area contributed by atoms with Gasteiger partial charge in [0.15, 0.2) is 0 Å². The van der Waals surface area contributed by atoms with E-state index >= 15 is 0 Å². The van der Waals surface area contributed by atoms with Crippen molar-refractivity contribution < 1.29 is 4.79 Å². The first-order valence-electron chi connectivity index (χ1n) is 10.6. The molecule has 0 bridgehead atoms. The van der Waals surface area contributed by atoms with E-state index in [4.69, 9.17) is 0 Å². The molecule has 3 heterocycles. The van der Waals surface area contributed by atoms with Gasteiger partial charge >= 0.3 is 6.03 Å². The van der Waals surface area contributed by atoms with Gasteiger partial charge in [0.1, 0.15) is 0 Å². The summed E-state index contributed by atoms with van der Waals surface area (Å²) in [5.74, 6) is 0.696. The molecular weight excluding hydrogens is 350 g/mol. The fourth-order valence-corrected chi connectivity index (χ4v) is 4.62. The molecule has 2 aromatic rings. The van der Waals surface area contributed by atoms with E-state index in [0.29, 0.717) is 18.5 Å². The second kappa shape index (κ2) is 8.53. The Bertz CT molecular complexity index is 754. The number of likely N-dealkylation sites (tertiary alicyclic amines) is 1. The van der Waals surface area contributed by atoms with Gasteiger partial charge in [-0.25, -0.2) is 4.79 Å². The Balaban J connectivity index is 1.23. The van der Waals surface area contributed by atoms with Crippen LogP contribution in [0, 0.1) is 5.92 Å². The van der Waals surface area contributed by atoms with Crippen molar-refractivity contribution in [3.63, 3.8) is 0 Å². The van der Waals surface area contributed by atoms with Crippen molar-refractivity contribution in [2.24, 2.45) is 5.92 Å². The van der Waals surface area contributed by atoms with Gasteiger partial charge in [0, 0.05) is 56.5 Å². The Labute approximate surface area is 167 Å². The molecule has 2 N–H and O–H groups in total. The normalized spacial score (nSPS) is 21.1. The lowest BCUT2D eigenvalue weighted by Gasteiger charge is -2.42. The van der Waals surface area contributed by atoms with Crippen molar-refractivity contribution in [1.29, 1.82) is 0 Å². The van der Waals surface area contributed by atoms with Crippen molar-refractivity contribution in [3.8, 4) is 0 Å². The lowest BCUT2D eigenvalue weighted by Crippen LogP contribution is -2.52. The van der Waals surface area contributed by atoms with Gasteiger partial charge in [0.2, 0.25) is 0 Å². The van der Waals surface area contributed by atoms with Gasteiger partial charge in [-0.1, -0.05) is 18.2 Å². The first-order valence-corrected chi connectivity index (χ1v) is 10.6. The summed E-state index contributed by atoms with van der Waals surface area (Å²) in [5, 5.41) is 4.27. The fourth-order valence-electron chi connectivity index (χ4n) is 4.62. The van der Waals surface area contributed by atoms with Crippen molar-refractivity contribution in [1.82, 2.24) is 25.0 Å². The molecule has 1 aromatic heterocycles. The van der Waals surface area contributed by atoms with E-state index in [1.54, 1.807) is 0 Å². The number of amides is 2. The van der Waals surface area contributed by atoms with Gasteiger partial charge < -0.3 is 20.1 Å². The third-order valence-electron chi connectivity index (χ3n) is 6.64. The lowest BCUT2D eigenvalue weighted by molar-refractivity contribution is 0.0664. The number of nitrogens with one attached hydrogen (secondary N) is 2. The molecule has 2 saturated heterocycles. The number of H-pyrrole nitrogens is 1. The zero-order chi connectivity index (χ0) is 19.5. The van der Waals surface area contributed by atoms with Gasteiger partial charge in [0.25, 0.3) is 0 Å². The first kappa shape index (κ1) is 19.3. The van der Waals surface area contributed by atoms with E-state index in [1.165, 1.54) is 31.6 Å². The van der Waals surface area contributed by atoms with Crippen LogP contribution in [-0.2, 0) is 6.54 Å². The van der Waals surface area contributed by atoms with Gasteiger partial charge in [-0.05, 0) is 50.2 Å². The SMILES string of the molecule is C[C@@H](C1CCN(C(=O)NCc2cc3ccccc3[nH]2)CC1)N1CCN(C)CC1. The summed E-state index contributed by atoms with van der Waals surface area (Å²) >= 11 is 0. The Kier molecular flexibility index (Phi) is 5.87. The van der Waals surface area contributed by atoms with Crippen LogP contribution in [0.15, 0.2) is 30.3 Å². The van der Waals surface area contributed by atoms with Gasteiger partial charge in [-0.15, -0.1) is 0 Å². The second-order valence-corrected chi connectivity index (χ2v) is 8.44. The van der Waals surface area contributed by atoms with E-state index in [-0.39, 0.29) is 6.03 Å². The van der Waals surface area contributed by atoms with E-state index in [0.717, 1.165) is 37.1 Å². The molecule has 0 aliphatic carbocycles. The zero-order valence-electron chi connectivity index (χ0n) is 17.2. The summed E-state index contributed by atoms with van der Waals surface area (Å²) in [7, 11) is 2.20. The number of rotatable bonds is 4. The smallest absolute Gasteiger partial charge is 0.317 e. The molecular formula is C22H33N5O. The summed E-state index contributed by atoms with van der Waals surface area (Å²) in [6.45, 7) is 9.32. The minimum absolute atomic E-state index is 0.0596. The van der Waals surface area contributed by atoms with Crippen LogP contribution in [-0.4, -0.2) is 78.1 Å².